The summed E-state index contributed by atoms with van der Waals surface area (Å²) in [5.41, 5.74) is 0. The lowest BCUT2D eigenvalue weighted by molar-refractivity contribution is -0.121. The Hall–Kier alpha value is 0.200. The highest BCUT2D eigenvalue weighted by atomic mass is 35.6. The summed E-state index contributed by atoms with van der Waals surface area (Å²) >= 11 is 24.9. The topological polar surface area (TPSA) is 29.1 Å². The molecule has 1 N–H and O–H groups in total. The van der Waals surface area contributed by atoms with E-state index in [4.69, 9.17) is 46.4 Å². The van der Waals surface area contributed by atoms with Crippen molar-refractivity contribution in [2.24, 2.45) is 5.92 Å². The van der Waals surface area contributed by atoms with Gasteiger partial charge >= 0.3 is 0 Å². The van der Waals surface area contributed by atoms with Gasteiger partial charge in [0.15, 0.2) is 0 Å². The van der Waals surface area contributed by atoms with Crippen LogP contribution in [0, 0.1) is 5.92 Å². The van der Waals surface area contributed by atoms with Gasteiger partial charge in [-0.25, -0.2) is 0 Å². The predicted octanol–water partition coefficient (Wildman–Crippen LogP) is 5.29. The summed E-state index contributed by atoms with van der Waals surface area (Å²) in [5, 5.41) is 2.71. The molecule has 0 fully saturated rings. The number of alkyl halides is 3. The van der Waals surface area contributed by atoms with Crippen molar-refractivity contribution in [2.45, 2.75) is 34.3 Å². The summed E-state index contributed by atoms with van der Waals surface area (Å²) in [7, 11) is 0. The minimum absolute atomic E-state index is 0.141. The van der Waals surface area contributed by atoms with Gasteiger partial charge in [-0.3, -0.25) is 4.79 Å². The molecule has 20 heavy (non-hydrogen) atoms. The fourth-order valence-electron chi connectivity index (χ4n) is 1.40. The first-order chi connectivity index (χ1) is 9.18. The summed E-state index contributed by atoms with van der Waals surface area (Å²) in [5.74, 6) is 0.101. The van der Waals surface area contributed by atoms with Crippen LogP contribution in [0.2, 0.25) is 5.02 Å². The fraction of sp³-hybridized carbons (Fsp3) is 0.462. The number of hydrogen-bond acceptors (Lipinski definition) is 2. The Labute approximate surface area is 143 Å². The van der Waals surface area contributed by atoms with Gasteiger partial charge in [0.2, 0.25) is 9.70 Å². The molecule has 1 aromatic carbocycles. The van der Waals surface area contributed by atoms with Gasteiger partial charge in [-0.1, -0.05) is 72.0 Å². The number of benzene rings is 1. The van der Waals surface area contributed by atoms with E-state index in [0.717, 1.165) is 4.90 Å². The third-order valence-corrected chi connectivity index (χ3v) is 4.80. The molecule has 0 unspecified atom stereocenters. The molecule has 7 heteroatoms. The second-order valence-corrected chi connectivity index (χ2v) is 8.64. The van der Waals surface area contributed by atoms with Crippen LogP contribution in [0.3, 0.4) is 0 Å². The van der Waals surface area contributed by atoms with E-state index in [0.29, 0.717) is 11.4 Å². The van der Waals surface area contributed by atoms with Crippen LogP contribution < -0.4 is 5.32 Å². The Bertz CT molecular complexity index is 445. The minimum Gasteiger partial charge on any atom is -0.340 e. The van der Waals surface area contributed by atoms with Gasteiger partial charge in [0.25, 0.3) is 0 Å². The minimum atomic E-state index is -1.60. The van der Waals surface area contributed by atoms with Crippen LogP contribution in [0.4, 0.5) is 0 Å². The molecule has 0 aliphatic heterocycles. The van der Waals surface area contributed by atoms with Gasteiger partial charge in [-0.15, -0.1) is 0 Å². The Kier molecular flexibility index (Phi) is 7.30. The second kappa shape index (κ2) is 8.00. The van der Waals surface area contributed by atoms with Crippen LogP contribution in [0.1, 0.15) is 20.3 Å². The summed E-state index contributed by atoms with van der Waals surface area (Å²) in [6.45, 7) is 3.91. The van der Waals surface area contributed by atoms with Crippen molar-refractivity contribution in [1.82, 2.24) is 5.32 Å². The van der Waals surface area contributed by atoms with Crippen LogP contribution in [-0.2, 0) is 4.79 Å². The highest BCUT2D eigenvalue weighted by Gasteiger charge is 2.34. The van der Waals surface area contributed by atoms with E-state index < -0.39 is 9.17 Å². The SMILES string of the molecule is CC(C)CC(=O)N[C@@H](Sc1ccc(Cl)cc1)C(Cl)(Cl)Cl. The molecule has 112 valence electrons. The average molecular weight is 375 g/mol. The smallest absolute Gasteiger partial charge is 0.221 e. The van der Waals surface area contributed by atoms with Gasteiger partial charge < -0.3 is 5.32 Å². The number of nitrogens with one attached hydrogen (secondary N) is 1. The maximum Gasteiger partial charge on any atom is 0.221 e. The zero-order valence-electron chi connectivity index (χ0n) is 11.0. The van der Waals surface area contributed by atoms with Crippen molar-refractivity contribution in [1.29, 1.82) is 0 Å². The van der Waals surface area contributed by atoms with Crippen LogP contribution >= 0.6 is 58.2 Å². The Morgan fingerprint density at radius 1 is 1.25 bits per heavy atom. The fourth-order valence-corrected chi connectivity index (χ4v) is 2.98. The predicted molar refractivity (Wildman–Crippen MR) is 89.0 cm³/mol. The maximum atomic E-state index is 11.8. The third-order valence-electron chi connectivity index (χ3n) is 2.25. The molecule has 0 spiro atoms. The first-order valence-corrected chi connectivity index (χ1v) is 8.36. The number of hydrogen-bond donors (Lipinski definition) is 1. The quantitative estimate of drug-likeness (QED) is 0.431. The van der Waals surface area contributed by atoms with Crippen molar-refractivity contribution in [2.75, 3.05) is 0 Å². The van der Waals surface area contributed by atoms with Crippen LogP contribution in [0.25, 0.3) is 0 Å². The molecule has 1 atom stereocenters. The zero-order chi connectivity index (χ0) is 15.3. The molecule has 0 bridgehead atoms. The summed E-state index contributed by atoms with van der Waals surface area (Å²) in [4.78, 5) is 12.7. The number of halogens is 4. The summed E-state index contributed by atoms with van der Waals surface area (Å²) in [6.07, 6.45) is 0.387. The second-order valence-electron chi connectivity index (χ2n) is 4.66. The van der Waals surface area contributed by atoms with Crippen LogP contribution in [0.15, 0.2) is 29.2 Å². The van der Waals surface area contributed by atoms with Crippen LogP contribution in [-0.4, -0.2) is 15.1 Å². The molecule has 0 aromatic heterocycles. The number of carbonyl (C=O) groups is 1. The maximum absolute atomic E-state index is 11.8. The number of amides is 1. The molecule has 0 aliphatic rings. The first kappa shape index (κ1) is 18.2. The molecule has 2 nitrogen and oxygen atoms in total. The van der Waals surface area contributed by atoms with Gasteiger partial charge in [0, 0.05) is 16.3 Å². The zero-order valence-corrected chi connectivity index (χ0v) is 14.8. The summed E-state index contributed by atoms with van der Waals surface area (Å²) in [6, 6.07) is 7.11. The molecule has 0 saturated carbocycles. The number of thioether (sulfide) groups is 1. The standard InChI is InChI=1S/C13H15Cl4NOS/c1-8(2)7-11(19)18-12(13(15,16)17)20-10-5-3-9(14)4-6-10/h3-6,8,12H,7H2,1-2H3,(H,18,19)/t12-/m0/s1. The Morgan fingerprint density at radius 2 is 1.80 bits per heavy atom. The van der Waals surface area contributed by atoms with Crippen molar-refractivity contribution >= 4 is 64.1 Å². The Balaban J connectivity index is 2.75. The molecule has 1 rings (SSSR count). The lowest BCUT2D eigenvalue weighted by Gasteiger charge is -2.25. The lowest BCUT2D eigenvalue weighted by atomic mass is 10.1. The molecular weight excluding hydrogens is 360 g/mol. The Morgan fingerprint density at radius 3 is 2.25 bits per heavy atom. The van der Waals surface area contributed by atoms with Gasteiger partial charge in [-0.05, 0) is 30.2 Å². The normalized spacial score (nSPS) is 13.3. The molecular formula is C13H15Cl4NOS. The van der Waals surface area contributed by atoms with E-state index in [1.807, 2.05) is 26.0 Å². The van der Waals surface area contributed by atoms with E-state index in [2.05, 4.69) is 5.32 Å². The lowest BCUT2D eigenvalue weighted by Crippen LogP contribution is -2.41. The molecule has 0 saturated heterocycles. The monoisotopic (exact) mass is 373 g/mol. The highest BCUT2D eigenvalue weighted by Crippen LogP contribution is 2.39. The van der Waals surface area contributed by atoms with Gasteiger partial charge in [0.05, 0.1) is 0 Å². The largest absolute Gasteiger partial charge is 0.340 e. The summed E-state index contributed by atoms with van der Waals surface area (Å²) < 4.78 is -1.60. The van der Waals surface area contributed by atoms with Crippen LogP contribution in [0.5, 0.6) is 0 Å². The average Bonchev–Trinajstić information content (AvgIpc) is 2.28. The van der Waals surface area contributed by atoms with Gasteiger partial charge in [-0.2, -0.15) is 0 Å². The van der Waals surface area contributed by atoms with Gasteiger partial charge in [0.1, 0.15) is 5.37 Å². The molecule has 1 amide bonds. The van der Waals surface area contributed by atoms with Crippen molar-refractivity contribution in [3.63, 3.8) is 0 Å². The van der Waals surface area contributed by atoms with Crippen molar-refractivity contribution in [3.8, 4) is 0 Å². The first-order valence-electron chi connectivity index (χ1n) is 5.97. The van der Waals surface area contributed by atoms with E-state index >= 15 is 0 Å². The number of carbonyl (C=O) groups excluding carboxylic acids is 1. The van der Waals surface area contributed by atoms with E-state index in [9.17, 15) is 4.79 Å². The molecule has 0 radical (unpaired) electrons. The number of rotatable bonds is 5. The van der Waals surface area contributed by atoms with Crippen molar-refractivity contribution < 1.29 is 4.79 Å². The molecule has 1 aromatic rings. The van der Waals surface area contributed by atoms with Crippen molar-refractivity contribution in [3.05, 3.63) is 29.3 Å². The van der Waals surface area contributed by atoms with E-state index in [1.165, 1.54) is 11.8 Å². The molecule has 0 aliphatic carbocycles. The van der Waals surface area contributed by atoms with E-state index in [-0.39, 0.29) is 11.8 Å². The highest BCUT2D eigenvalue weighted by molar-refractivity contribution is 8.00. The third kappa shape index (κ3) is 6.77. The molecule has 0 heterocycles. The van der Waals surface area contributed by atoms with E-state index in [1.54, 1.807) is 12.1 Å².